The summed E-state index contributed by atoms with van der Waals surface area (Å²) in [5.74, 6) is 0.974. The summed E-state index contributed by atoms with van der Waals surface area (Å²) in [6, 6.07) is 9.15. The molecule has 0 amide bonds. The molecule has 24 heavy (non-hydrogen) atoms. The van der Waals surface area contributed by atoms with Crippen molar-refractivity contribution in [3.05, 3.63) is 35.4 Å². The Morgan fingerprint density at radius 2 is 1.58 bits per heavy atom. The van der Waals surface area contributed by atoms with E-state index >= 15 is 0 Å². The third-order valence-electron chi connectivity index (χ3n) is 5.37. The molecule has 3 nitrogen and oxygen atoms in total. The summed E-state index contributed by atoms with van der Waals surface area (Å²) in [5.41, 5.74) is 2.67. The van der Waals surface area contributed by atoms with Gasteiger partial charge in [-0.05, 0) is 43.3 Å². The maximum Gasteiger partial charge on any atom is 0.197 e. The number of rotatable bonds is 7. The van der Waals surface area contributed by atoms with Crippen molar-refractivity contribution in [2.24, 2.45) is 11.8 Å². The molecule has 0 saturated carbocycles. The fourth-order valence-electron chi connectivity index (χ4n) is 3.93. The third-order valence-corrected chi connectivity index (χ3v) is 5.37. The van der Waals surface area contributed by atoms with Crippen LogP contribution in [0.2, 0.25) is 0 Å². The Balaban J connectivity index is 1.84. The minimum Gasteiger partial charge on any atom is -0.343 e. The second-order valence-electron chi connectivity index (χ2n) is 8.16. The van der Waals surface area contributed by atoms with Gasteiger partial charge < -0.3 is 9.47 Å². The Kier molecular flexibility index (Phi) is 5.63. The van der Waals surface area contributed by atoms with Crippen molar-refractivity contribution in [1.29, 1.82) is 0 Å². The first-order chi connectivity index (χ1) is 11.5. The van der Waals surface area contributed by atoms with Gasteiger partial charge in [-0.25, -0.2) is 0 Å². The van der Waals surface area contributed by atoms with Gasteiger partial charge in [0.2, 0.25) is 0 Å². The van der Waals surface area contributed by atoms with Crippen molar-refractivity contribution in [2.45, 2.75) is 58.8 Å². The van der Waals surface area contributed by atoms with Crippen LogP contribution < -0.4 is 0 Å². The molecule has 1 aliphatic heterocycles. The topological polar surface area (TPSA) is 21.7 Å². The van der Waals surface area contributed by atoms with Gasteiger partial charge in [0.15, 0.2) is 5.79 Å². The Morgan fingerprint density at radius 3 is 2.17 bits per heavy atom. The smallest absolute Gasteiger partial charge is 0.197 e. The average molecular weight is 332 g/mol. The summed E-state index contributed by atoms with van der Waals surface area (Å²) in [7, 11) is 0. The zero-order valence-electron chi connectivity index (χ0n) is 15.8. The SMILES string of the molecule is CC(C)CCN(CCC(C)C)C1CC2(OCCO2)c2ccccc21. The van der Waals surface area contributed by atoms with Gasteiger partial charge in [-0.15, -0.1) is 0 Å². The van der Waals surface area contributed by atoms with Gasteiger partial charge >= 0.3 is 0 Å². The van der Waals surface area contributed by atoms with Crippen LogP contribution in [-0.2, 0) is 15.3 Å². The van der Waals surface area contributed by atoms with E-state index in [1.54, 1.807) is 0 Å². The van der Waals surface area contributed by atoms with E-state index in [-0.39, 0.29) is 0 Å². The molecule has 0 N–H and O–H groups in total. The summed E-state index contributed by atoms with van der Waals surface area (Å²) in [6.45, 7) is 13.0. The highest BCUT2D eigenvalue weighted by Gasteiger charge is 2.49. The summed E-state index contributed by atoms with van der Waals surface area (Å²) in [6.07, 6.45) is 3.42. The molecule has 1 unspecified atom stereocenters. The van der Waals surface area contributed by atoms with E-state index in [1.165, 1.54) is 24.0 Å². The molecular weight excluding hydrogens is 298 g/mol. The van der Waals surface area contributed by atoms with Crippen LogP contribution in [0.5, 0.6) is 0 Å². The predicted octanol–water partition coefficient (Wildman–Crippen LogP) is 4.73. The quantitative estimate of drug-likeness (QED) is 0.721. The van der Waals surface area contributed by atoms with Crippen molar-refractivity contribution < 1.29 is 9.47 Å². The Bertz CT molecular complexity index is 522. The van der Waals surface area contributed by atoms with Gasteiger partial charge in [-0.1, -0.05) is 52.0 Å². The van der Waals surface area contributed by atoms with E-state index in [0.29, 0.717) is 19.3 Å². The molecule has 3 heteroatoms. The van der Waals surface area contributed by atoms with E-state index in [1.807, 2.05) is 0 Å². The van der Waals surface area contributed by atoms with Crippen LogP contribution in [0.4, 0.5) is 0 Å². The van der Waals surface area contributed by atoms with Crippen molar-refractivity contribution in [2.75, 3.05) is 26.3 Å². The number of hydrogen-bond donors (Lipinski definition) is 0. The average Bonchev–Trinajstić information content (AvgIpc) is 3.14. The summed E-state index contributed by atoms with van der Waals surface area (Å²) >= 11 is 0. The molecule has 2 aliphatic rings. The monoisotopic (exact) mass is 331 g/mol. The molecular formula is C21H33NO2. The highest BCUT2D eigenvalue weighted by Crippen LogP contribution is 2.50. The number of ether oxygens (including phenoxy) is 2. The van der Waals surface area contributed by atoms with E-state index in [2.05, 4.69) is 56.9 Å². The normalized spacial score (nSPS) is 22.2. The Morgan fingerprint density at radius 1 is 1.00 bits per heavy atom. The number of fused-ring (bicyclic) bond motifs is 2. The standard InChI is InChI=1S/C21H33NO2/c1-16(2)9-11-22(12-10-17(3)4)20-15-21(23-13-14-24-21)19-8-6-5-7-18(19)20/h5-8,16-17,20H,9-15H2,1-4H3. The lowest BCUT2D eigenvalue weighted by Crippen LogP contribution is -2.33. The molecule has 0 bridgehead atoms. The van der Waals surface area contributed by atoms with Gasteiger partial charge in [0.1, 0.15) is 0 Å². The highest BCUT2D eigenvalue weighted by atomic mass is 16.7. The van der Waals surface area contributed by atoms with Crippen molar-refractivity contribution in [3.8, 4) is 0 Å². The largest absolute Gasteiger partial charge is 0.343 e. The first kappa shape index (κ1) is 17.9. The van der Waals surface area contributed by atoms with Gasteiger partial charge in [-0.2, -0.15) is 0 Å². The lowest BCUT2D eigenvalue weighted by Gasteiger charge is -2.32. The minimum absolute atomic E-state index is 0.414. The molecule has 1 atom stereocenters. The molecule has 1 fully saturated rings. The van der Waals surface area contributed by atoms with Crippen LogP contribution in [0, 0.1) is 11.8 Å². The molecule has 1 aromatic rings. The van der Waals surface area contributed by atoms with Crippen LogP contribution in [-0.4, -0.2) is 31.2 Å². The van der Waals surface area contributed by atoms with Gasteiger partial charge in [-0.3, -0.25) is 4.90 Å². The fraction of sp³-hybridized carbons (Fsp3) is 0.714. The first-order valence-electron chi connectivity index (χ1n) is 9.63. The zero-order chi connectivity index (χ0) is 17.2. The summed E-state index contributed by atoms with van der Waals surface area (Å²) in [4.78, 5) is 2.68. The van der Waals surface area contributed by atoms with Crippen LogP contribution >= 0.6 is 0 Å². The fourth-order valence-corrected chi connectivity index (χ4v) is 3.93. The Hall–Kier alpha value is -0.900. The molecule has 0 radical (unpaired) electrons. The second kappa shape index (κ2) is 7.55. The molecule has 1 aliphatic carbocycles. The second-order valence-corrected chi connectivity index (χ2v) is 8.16. The lowest BCUT2D eigenvalue weighted by molar-refractivity contribution is -0.171. The highest BCUT2D eigenvalue weighted by molar-refractivity contribution is 5.39. The van der Waals surface area contributed by atoms with Crippen molar-refractivity contribution in [1.82, 2.24) is 4.90 Å². The lowest BCUT2D eigenvalue weighted by atomic mass is 10.0. The molecule has 3 rings (SSSR count). The molecule has 1 heterocycles. The van der Waals surface area contributed by atoms with E-state index in [0.717, 1.165) is 31.3 Å². The molecule has 0 aromatic heterocycles. The van der Waals surface area contributed by atoms with Gasteiger partial charge in [0, 0.05) is 18.0 Å². The first-order valence-corrected chi connectivity index (χ1v) is 9.63. The number of benzene rings is 1. The Labute approximate surface area is 147 Å². The van der Waals surface area contributed by atoms with Crippen LogP contribution in [0.15, 0.2) is 24.3 Å². The van der Waals surface area contributed by atoms with Crippen LogP contribution in [0.25, 0.3) is 0 Å². The summed E-state index contributed by atoms with van der Waals surface area (Å²) < 4.78 is 12.2. The summed E-state index contributed by atoms with van der Waals surface area (Å²) in [5, 5.41) is 0. The van der Waals surface area contributed by atoms with E-state index < -0.39 is 5.79 Å². The maximum atomic E-state index is 6.11. The maximum absolute atomic E-state index is 6.11. The molecule has 1 spiro atoms. The van der Waals surface area contributed by atoms with E-state index in [9.17, 15) is 0 Å². The third kappa shape index (κ3) is 3.68. The molecule has 1 aromatic carbocycles. The van der Waals surface area contributed by atoms with Gasteiger partial charge in [0.25, 0.3) is 0 Å². The van der Waals surface area contributed by atoms with E-state index in [4.69, 9.17) is 9.47 Å². The van der Waals surface area contributed by atoms with Crippen LogP contribution in [0.1, 0.15) is 64.1 Å². The predicted molar refractivity (Wildman–Crippen MR) is 97.9 cm³/mol. The van der Waals surface area contributed by atoms with Crippen LogP contribution in [0.3, 0.4) is 0 Å². The van der Waals surface area contributed by atoms with Gasteiger partial charge in [0.05, 0.1) is 13.2 Å². The minimum atomic E-state index is -0.491. The van der Waals surface area contributed by atoms with Crippen molar-refractivity contribution in [3.63, 3.8) is 0 Å². The molecule has 1 saturated heterocycles. The molecule has 134 valence electrons. The number of hydrogen-bond acceptors (Lipinski definition) is 3. The number of nitrogens with zero attached hydrogens (tertiary/aromatic N) is 1. The zero-order valence-corrected chi connectivity index (χ0v) is 15.8. The van der Waals surface area contributed by atoms with Crippen molar-refractivity contribution >= 4 is 0 Å².